The van der Waals surface area contributed by atoms with Crippen LogP contribution in [0, 0.1) is 0 Å². The summed E-state index contributed by atoms with van der Waals surface area (Å²) in [4.78, 5) is 0. The summed E-state index contributed by atoms with van der Waals surface area (Å²) in [7, 11) is 1.73. The third kappa shape index (κ3) is 4.45. The molecule has 15 heavy (non-hydrogen) atoms. The molecule has 1 aromatic rings. The number of hydrogen-bond donors (Lipinski definition) is 1. The van der Waals surface area contributed by atoms with Crippen LogP contribution < -0.4 is 5.32 Å². The molecule has 1 aromatic carbocycles. The van der Waals surface area contributed by atoms with Crippen LogP contribution in [0.15, 0.2) is 24.3 Å². The second-order valence-corrected chi connectivity index (χ2v) is 3.94. The molecule has 0 fully saturated rings. The molecule has 0 saturated heterocycles. The van der Waals surface area contributed by atoms with Gasteiger partial charge in [-0.3, -0.25) is 0 Å². The molecule has 2 nitrogen and oxygen atoms in total. The highest BCUT2D eigenvalue weighted by Crippen LogP contribution is 2.06. The average Bonchev–Trinajstić information content (AvgIpc) is 2.27. The maximum Gasteiger partial charge on any atom is 0.0713 e. The minimum absolute atomic E-state index is 0.580. The predicted molar refractivity (Wildman–Crippen MR) is 63.7 cm³/mol. The smallest absolute Gasteiger partial charge is 0.0713 e. The van der Waals surface area contributed by atoms with E-state index in [1.54, 1.807) is 7.11 Å². The first-order chi connectivity index (χ1) is 7.26. The number of rotatable bonds is 6. The Hall–Kier alpha value is -0.860. The Morgan fingerprint density at radius 2 is 2.07 bits per heavy atom. The van der Waals surface area contributed by atoms with Gasteiger partial charge in [-0.25, -0.2) is 0 Å². The molecule has 0 radical (unpaired) electrons. The monoisotopic (exact) mass is 207 g/mol. The molecule has 1 unspecified atom stereocenters. The van der Waals surface area contributed by atoms with Crippen LogP contribution in [0.5, 0.6) is 0 Å². The van der Waals surface area contributed by atoms with Gasteiger partial charge in [-0.1, -0.05) is 31.2 Å². The van der Waals surface area contributed by atoms with Crippen molar-refractivity contribution in [2.24, 2.45) is 0 Å². The van der Waals surface area contributed by atoms with E-state index in [1.165, 1.54) is 11.1 Å². The Balaban J connectivity index is 2.50. The first kappa shape index (κ1) is 12.2. The third-order valence-corrected chi connectivity index (χ3v) is 2.57. The molecule has 0 heterocycles. The van der Waals surface area contributed by atoms with Crippen LogP contribution in [0.3, 0.4) is 0 Å². The van der Waals surface area contributed by atoms with Crippen LogP contribution in [0.4, 0.5) is 0 Å². The Morgan fingerprint density at radius 1 is 1.33 bits per heavy atom. The molecule has 1 rings (SSSR count). The summed E-state index contributed by atoms with van der Waals surface area (Å²) >= 11 is 0. The van der Waals surface area contributed by atoms with E-state index in [2.05, 4.69) is 43.4 Å². The van der Waals surface area contributed by atoms with Gasteiger partial charge in [0.25, 0.3) is 0 Å². The Labute approximate surface area is 92.6 Å². The highest BCUT2D eigenvalue weighted by Gasteiger charge is 1.99. The van der Waals surface area contributed by atoms with Crippen LogP contribution >= 0.6 is 0 Å². The second-order valence-electron chi connectivity index (χ2n) is 3.94. The third-order valence-electron chi connectivity index (χ3n) is 2.57. The minimum atomic E-state index is 0.580. The summed E-state index contributed by atoms with van der Waals surface area (Å²) in [5, 5.41) is 3.48. The molecule has 84 valence electrons. The molecule has 0 aliphatic heterocycles. The van der Waals surface area contributed by atoms with Crippen molar-refractivity contribution in [3.63, 3.8) is 0 Å². The minimum Gasteiger partial charge on any atom is -0.380 e. The Morgan fingerprint density at radius 3 is 2.73 bits per heavy atom. The van der Waals surface area contributed by atoms with E-state index in [0.29, 0.717) is 12.6 Å². The van der Waals surface area contributed by atoms with Crippen molar-refractivity contribution in [1.82, 2.24) is 5.32 Å². The van der Waals surface area contributed by atoms with Gasteiger partial charge in [0.15, 0.2) is 0 Å². The maximum absolute atomic E-state index is 5.11. The van der Waals surface area contributed by atoms with Gasteiger partial charge >= 0.3 is 0 Å². The normalized spacial score (nSPS) is 12.7. The lowest BCUT2D eigenvalue weighted by Gasteiger charge is -2.11. The molecule has 0 aliphatic carbocycles. The fraction of sp³-hybridized carbons (Fsp3) is 0.538. The topological polar surface area (TPSA) is 21.3 Å². The van der Waals surface area contributed by atoms with Crippen molar-refractivity contribution in [3.05, 3.63) is 35.4 Å². The van der Waals surface area contributed by atoms with E-state index in [-0.39, 0.29) is 0 Å². The average molecular weight is 207 g/mol. The van der Waals surface area contributed by atoms with Crippen LogP contribution in [0.1, 0.15) is 31.4 Å². The lowest BCUT2D eigenvalue weighted by molar-refractivity contribution is 0.185. The van der Waals surface area contributed by atoms with E-state index >= 15 is 0 Å². The van der Waals surface area contributed by atoms with Gasteiger partial charge < -0.3 is 10.1 Å². The largest absolute Gasteiger partial charge is 0.380 e. The lowest BCUT2D eigenvalue weighted by Crippen LogP contribution is -2.24. The number of methoxy groups -OCH3 is 1. The SMILES string of the molecule is CCC(C)NCc1cccc(COC)c1. The van der Waals surface area contributed by atoms with Gasteiger partial charge in [0.2, 0.25) is 0 Å². The van der Waals surface area contributed by atoms with E-state index in [1.807, 2.05) is 0 Å². The molecule has 0 spiro atoms. The van der Waals surface area contributed by atoms with Gasteiger partial charge in [-0.05, 0) is 24.5 Å². The van der Waals surface area contributed by atoms with Crippen LogP contribution in [-0.4, -0.2) is 13.2 Å². The van der Waals surface area contributed by atoms with Crippen molar-refractivity contribution in [2.45, 2.75) is 39.5 Å². The van der Waals surface area contributed by atoms with E-state index in [0.717, 1.165) is 13.0 Å². The predicted octanol–water partition coefficient (Wildman–Crippen LogP) is 2.72. The van der Waals surface area contributed by atoms with Crippen molar-refractivity contribution in [3.8, 4) is 0 Å². The summed E-state index contributed by atoms with van der Waals surface area (Å²) in [5.41, 5.74) is 2.56. The molecule has 0 saturated carbocycles. The number of nitrogens with one attached hydrogen (secondary N) is 1. The summed E-state index contributed by atoms with van der Waals surface area (Å²) < 4.78 is 5.11. The van der Waals surface area contributed by atoms with Gasteiger partial charge in [-0.15, -0.1) is 0 Å². The molecule has 2 heteroatoms. The Kier molecular flexibility index (Phi) is 5.37. The fourth-order valence-corrected chi connectivity index (χ4v) is 1.43. The standard InChI is InChI=1S/C13H21NO/c1-4-11(2)14-9-12-6-5-7-13(8-12)10-15-3/h5-8,11,14H,4,9-10H2,1-3H3. The van der Waals surface area contributed by atoms with Crippen molar-refractivity contribution < 1.29 is 4.74 Å². The maximum atomic E-state index is 5.11. The zero-order valence-electron chi connectivity index (χ0n) is 9.92. The van der Waals surface area contributed by atoms with Crippen molar-refractivity contribution in [2.75, 3.05) is 7.11 Å². The first-order valence-electron chi connectivity index (χ1n) is 5.56. The fourth-order valence-electron chi connectivity index (χ4n) is 1.43. The van der Waals surface area contributed by atoms with Crippen molar-refractivity contribution in [1.29, 1.82) is 0 Å². The summed E-state index contributed by atoms with van der Waals surface area (Å²) in [6, 6.07) is 9.10. The highest BCUT2D eigenvalue weighted by molar-refractivity contribution is 5.22. The zero-order valence-corrected chi connectivity index (χ0v) is 9.92. The number of ether oxygens (including phenoxy) is 1. The quantitative estimate of drug-likeness (QED) is 0.774. The molecule has 1 atom stereocenters. The zero-order chi connectivity index (χ0) is 11.1. The summed E-state index contributed by atoms with van der Waals surface area (Å²) in [6.07, 6.45) is 1.16. The van der Waals surface area contributed by atoms with Gasteiger partial charge in [0, 0.05) is 19.7 Å². The highest BCUT2D eigenvalue weighted by atomic mass is 16.5. The molecule has 0 aromatic heterocycles. The van der Waals surface area contributed by atoms with E-state index in [4.69, 9.17) is 4.74 Å². The van der Waals surface area contributed by atoms with Gasteiger partial charge in [0.05, 0.1) is 6.61 Å². The van der Waals surface area contributed by atoms with Crippen LogP contribution in [0.2, 0.25) is 0 Å². The van der Waals surface area contributed by atoms with Crippen LogP contribution in [-0.2, 0) is 17.9 Å². The molecule has 1 N–H and O–H groups in total. The second kappa shape index (κ2) is 6.59. The number of benzene rings is 1. The molecule has 0 bridgehead atoms. The summed E-state index contributed by atoms with van der Waals surface area (Å²) in [6.45, 7) is 6.03. The molecule has 0 amide bonds. The van der Waals surface area contributed by atoms with Crippen molar-refractivity contribution >= 4 is 0 Å². The van der Waals surface area contributed by atoms with Gasteiger partial charge in [-0.2, -0.15) is 0 Å². The summed E-state index contributed by atoms with van der Waals surface area (Å²) in [5.74, 6) is 0. The Bertz CT molecular complexity index is 286. The van der Waals surface area contributed by atoms with Gasteiger partial charge in [0.1, 0.15) is 0 Å². The van der Waals surface area contributed by atoms with Crippen LogP contribution in [0.25, 0.3) is 0 Å². The molecule has 0 aliphatic rings. The van der Waals surface area contributed by atoms with E-state index < -0.39 is 0 Å². The number of hydrogen-bond acceptors (Lipinski definition) is 2. The first-order valence-corrected chi connectivity index (χ1v) is 5.56. The molecular weight excluding hydrogens is 186 g/mol. The lowest BCUT2D eigenvalue weighted by atomic mass is 10.1. The molecular formula is C13H21NO. The van der Waals surface area contributed by atoms with E-state index in [9.17, 15) is 0 Å².